The van der Waals surface area contributed by atoms with Crippen molar-refractivity contribution in [2.45, 2.75) is 0 Å². The van der Waals surface area contributed by atoms with Gasteiger partial charge in [-0.3, -0.25) is 0 Å². The lowest BCUT2D eigenvalue weighted by Crippen LogP contribution is -2.15. The van der Waals surface area contributed by atoms with E-state index in [-0.39, 0.29) is 0 Å². The molecule has 144 valence electrons. The molecule has 0 saturated heterocycles. The zero-order chi connectivity index (χ0) is 19.3. The van der Waals surface area contributed by atoms with E-state index in [1.54, 1.807) is 20.3 Å². The van der Waals surface area contributed by atoms with Gasteiger partial charge in [0.25, 0.3) is 0 Å². The fourth-order valence-corrected chi connectivity index (χ4v) is 2.71. The van der Waals surface area contributed by atoms with Crippen molar-refractivity contribution >= 4 is 23.1 Å². The number of hydrogen-bond acceptors (Lipinski definition) is 9. The van der Waals surface area contributed by atoms with E-state index in [9.17, 15) is 0 Å². The summed E-state index contributed by atoms with van der Waals surface area (Å²) in [6.07, 6.45) is 1.53. The summed E-state index contributed by atoms with van der Waals surface area (Å²) in [5.41, 5.74) is 1.50. The van der Waals surface area contributed by atoms with Crippen LogP contribution in [0.5, 0.6) is 23.0 Å². The highest BCUT2D eigenvalue weighted by molar-refractivity contribution is 5.66. The standard InChI is InChI=1S/C19H19N5O4/c1-25-13-4-5-14(16(10-13)26-2)22-18-11-20-24-19(23-18)21-12-3-6-15-17(9-12)28-8-7-27-15/h3-6,9-11H,7-8H2,1-2H3,(H2,21,22,23,24). The molecule has 2 heterocycles. The van der Waals surface area contributed by atoms with Crippen LogP contribution in [0.15, 0.2) is 42.6 Å². The molecule has 0 saturated carbocycles. The minimum absolute atomic E-state index is 0.342. The maximum absolute atomic E-state index is 5.59. The van der Waals surface area contributed by atoms with Crippen LogP contribution in [0.3, 0.4) is 0 Å². The van der Waals surface area contributed by atoms with E-state index in [2.05, 4.69) is 25.8 Å². The monoisotopic (exact) mass is 381 g/mol. The van der Waals surface area contributed by atoms with Crippen LogP contribution in [0, 0.1) is 0 Å². The number of fused-ring (bicyclic) bond motifs is 1. The van der Waals surface area contributed by atoms with Crippen molar-refractivity contribution < 1.29 is 18.9 Å². The third-order valence-corrected chi connectivity index (χ3v) is 4.03. The van der Waals surface area contributed by atoms with Crippen molar-refractivity contribution in [1.29, 1.82) is 0 Å². The molecule has 0 fully saturated rings. The Labute approximate surface area is 161 Å². The van der Waals surface area contributed by atoms with Crippen LogP contribution in [0.2, 0.25) is 0 Å². The van der Waals surface area contributed by atoms with Gasteiger partial charge in [-0.15, -0.1) is 5.10 Å². The third-order valence-electron chi connectivity index (χ3n) is 4.03. The maximum Gasteiger partial charge on any atom is 0.249 e. The van der Waals surface area contributed by atoms with E-state index < -0.39 is 0 Å². The van der Waals surface area contributed by atoms with Gasteiger partial charge in [0.15, 0.2) is 17.3 Å². The lowest BCUT2D eigenvalue weighted by Gasteiger charge is -2.19. The number of nitrogens with one attached hydrogen (secondary N) is 2. The van der Waals surface area contributed by atoms with E-state index >= 15 is 0 Å². The molecule has 1 aliphatic rings. The Bertz CT molecular complexity index is 982. The van der Waals surface area contributed by atoms with Gasteiger partial charge < -0.3 is 29.6 Å². The number of ether oxygens (including phenoxy) is 4. The summed E-state index contributed by atoms with van der Waals surface area (Å²) in [6, 6.07) is 11.0. The predicted molar refractivity (Wildman–Crippen MR) is 103 cm³/mol. The highest BCUT2D eigenvalue weighted by Crippen LogP contribution is 2.34. The molecule has 1 aromatic heterocycles. The van der Waals surface area contributed by atoms with Gasteiger partial charge in [-0.2, -0.15) is 10.1 Å². The van der Waals surface area contributed by atoms with Crippen molar-refractivity contribution in [3.63, 3.8) is 0 Å². The Morgan fingerprint density at radius 1 is 0.929 bits per heavy atom. The molecule has 0 spiro atoms. The summed E-state index contributed by atoms with van der Waals surface area (Å²) in [4.78, 5) is 4.44. The molecule has 28 heavy (non-hydrogen) atoms. The predicted octanol–water partition coefficient (Wildman–Crippen LogP) is 3.15. The van der Waals surface area contributed by atoms with Crippen LogP contribution in [0.25, 0.3) is 0 Å². The van der Waals surface area contributed by atoms with Crippen molar-refractivity contribution in [1.82, 2.24) is 15.2 Å². The van der Waals surface area contributed by atoms with Gasteiger partial charge in [-0.25, -0.2) is 0 Å². The quantitative estimate of drug-likeness (QED) is 0.667. The van der Waals surface area contributed by atoms with E-state index in [0.29, 0.717) is 42.2 Å². The summed E-state index contributed by atoms with van der Waals surface area (Å²) in [5, 5.41) is 14.3. The molecule has 1 aliphatic heterocycles. The van der Waals surface area contributed by atoms with Crippen molar-refractivity contribution in [2.75, 3.05) is 38.1 Å². The summed E-state index contributed by atoms with van der Waals surface area (Å²) in [6.45, 7) is 1.08. The molecule has 2 aromatic carbocycles. The summed E-state index contributed by atoms with van der Waals surface area (Å²) in [5.74, 6) is 3.58. The van der Waals surface area contributed by atoms with Gasteiger partial charge >= 0.3 is 0 Å². The molecular weight excluding hydrogens is 362 g/mol. The van der Waals surface area contributed by atoms with Crippen molar-refractivity contribution in [3.8, 4) is 23.0 Å². The lowest BCUT2D eigenvalue weighted by atomic mass is 10.2. The Morgan fingerprint density at radius 2 is 1.79 bits per heavy atom. The second-order valence-electron chi connectivity index (χ2n) is 5.84. The molecule has 0 atom stereocenters. The highest BCUT2D eigenvalue weighted by atomic mass is 16.6. The zero-order valence-electron chi connectivity index (χ0n) is 15.4. The van der Waals surface area contributed by atoms with Gasteiger partial charge in [0.05, 0.1) is 26.1 Å². The number of anilines is 4. The Balaban J connectivity index is 1.52. The van der Waals surface area contributed by atoms with Gasteiger partial charge in [0.1, 0.15) is 24.7 Å². The molecule has 4 rings (SSSR count). The van der Waals surface area contributed by atoms with Crippen LogP contribution < -0.4 is 29.6 Å². The minimum Gasteiger partial charge on any atom is -0.497 e. The first-order valence-electron chi connectivity index (χ1n) is 8.60. The number of rotatable bonds is 6. The third kappa shape index (κ3) is 3.83. The molecule has 0 radical (unpaired) electrons. The summed E-state index contributed by atoms with van der Waals surface area (Å²) < 4.78 is 21.7. The minimum atomic E-state index is 0.342. The van der Waals surface area contributed by atoms with E-state index in [4.69, 9.17) is 18.9 Å². The molecule has 9 nitrogen and oxygen atoms in total. The van der Waals surface area contributed by atoms with Crippen LogP contribution >= 0.6 is 0 Å². The van der Waals surface area contributed by atoms with Gasteiger partial charge in [0.2, 0.25) is 5.95 Å². The lowest BCUT2D eigenvalue weighted by molar-refractivity contribution is 0.171. The van der Waals surface area contributed by atoms with Gasteiger partial charge in [0, 0.05) is 17.8 Å². The van der Waals surface area contributed by atoms with Crippen LogP contribution in [0.1, 0.15) is 0 Å². The Kier molecular flexibility index (Phi) is 4.96. The second-order valence-corrected chi connectivity index (χ2v) is 5.84. The Hall–Kier alpha value is -3.75. The normalized spacial score (nSPS) is 12.2. The topological polar surface area (TPSA) is 99.7 Å². The smallest absolute Gasteiger partial charge is 0.249 e. The Morgan fingerprint density at radius 3 is 2.61 bits per heavy atom. The highest BCUT2D eigenvalue weighted by Gasteiger charge is 2.13. The number of nitrogens with zero attached hydrogens (tertiary/aromatic N) is 3. The molecule has 3 aromatic rings. The van der Waals surface area contributed by atoms with E-state index in [1.165, 1.54) is 6.20 Å². The zero-order valence-corrected chi connectivity index (χ0v) is 15.4. The average Bonchev–Trinajstić information content (AvgIpc) is 2.74. The largest absolute Gasteiger partial charge is 0.497 e. The maximum atomic E-state index is 5.59. The van der Waals surface area contributed by atoms with Crippen LogP contribution in [-0.4, -0.2) is 42.6 Å². The molecule has 0 bridgehead atoms. The molecule has 0 amide bonds. The first-order chi connectivity index (χ1) is 13.7. The van der Waals surface area contributed by atoms with Gasteiger partial charge in [-0.1, -0.05) is 0 Å². The molecule has 2 N–H and O–H groups in total. The molecular formula is C19H19N5O4. The van der Waals surface area contributed by atoms with E-state index in [1.807, 2.05) is 30.3 Å². The van der Waals surface area contributed by atoms with Crippen LogP contribution in [0.4, 0.5) is 23.1 Å². The second kappa shape index (κ2) is 7.87. The first kappa shape index (κ1) is 17.7. The summed E-state index contributed by atoms with van der Waals surface area (Å²) in [7, 11) is 3.19. The fourth-order valence-electron chi connectivity index (χ4n) is 2.71. The number of hydrogen-bond donors (Lipinski definition) is 2. The van der Waals surface area contributed by atoms with Crippen LogP contribution in [-0.2, 0) is 0 Å². The average molecular weight is 381 g/mol. The fraction of sp³-hybridized carbons (Fsp3) is 0.211. The van der Waals surface area contributed by atoms with Gasteiger partial charge in [-0.05, 0) is 24.3 Å². The van der Waals surface area contributed by atoms with Crippen molar-refractivity contribution in [3.05, 3.63) is 42.6 Å². The number of methoxy groups -OCH3 is 2. The molecule has 0 unspecified atom stereocenters. The number of aromatic nitrogens is 3. The molecule has 0 aliphatic carbocycles. The SMILES string of the molecule is COc1ccc(Nc2cnnc(Nc3ccc4c(c3)OCCO4)n2)c(OC)c1. The number of benzene rings is 2. The first-order valence-corrected chi connectivity index (χ1v) is 8.60. The van der Waals surface area contributed by atoms with Crippen molar-refractivity contribution in [2.24, 2.45) is 0 Å². The molecule has 9 heteroatoms. The summed E-state index contributed by atoms with van der Waals surface area (Å²) >= 11 is 0. The van der Waals surface area contributed by atoms with E-state index in [0.717, 1.165) is 17.1 Å².